The van der Waals surface area contributed by atoms with Crippen LogP contribution in [0.5, 0.6) is 5.75 Å². The summed E-state index contributed by atoms with van der Waals surface area (Å²) in [6, 6.07) is 6.68. The van der Waals surface area contributed by atoms with Crippen LogP contribution in [0, 0.1) is 0 Å². The lowest BCUT2D eigenvalue weighted by Crippen LogP contribution is -2.50. The first-order valence-electron chi connectivity index (χ1n) is 6.67. The van der Waals surface area contributed by atoms with Gasteiger partial charge in [0.1, 0.15) is 12.4 Å². The van der Waals surface area contributed by atoms with Crippen molar-refractivity contribution < 1.29 is 13.2 Å². The number of primary sulfonamides is 1. The van der Waals surface area contributed by atoms with Gasteiger partial charge in [-0.15, -0.1) is 0 Å². The van der Waals surface area contributed by atoms with Gasteiger partial charge in [0.2, 0.25) is 10.0 Å². The number of nitrogens with zero attached hydrogens (tertiary/aromatic N) is 1. The lowest BCUT2D eigenvalue weighted by Gasteiger charge is -2.33. The van der Waals surface area contributed by atoms with Gasteiger partial charge in [-0.2, -0.15) is 0 Å². The third-order valence-electron chi connectivity index (χ3n) is 3.44. The van der Waals surface area contributed by atoms with E-state index >= 15 is 0 Å². The minimum absolute atomic E-state index is 0.0978. The number of piperazine rings is 1. The lowest BCUT2D eigenvalue weighted by molar-refractivity contribution is 0.143. The number of hydrogen-bond donors (Lipinski definition) is 2. The zero-order chi connectivity index (χ0) is 14.6. The fourth-order valence-corrected chi connectivity index (χ4v) is 2.74. The van der Waals surface area contributed by atoms with E-state index in [1.54, 1.807) is 12.1 Å². The van der Waals surface area contributed by atoms with Gasteiger partial charge in [0.05, 0.1) is 4.90 Å². The first-order valence-corrected chi connectivity index (χ1v) is 8.22. The maximum atomic E-state index is 11.1. The summed E-state index contributed by atoms with van der Waals surface area (Å²) >= 11 is 0. The highest BCUT2D eigenvalue weighted by atomic mass is 32.2. The molecule has 1 aliphatic rings. The molecule has 1 saturated heterocycles. The van der Waals surface area contributed by atoms with Crippen molar-refractivity contribution in [2.24, 2.45) is 5.14 Å². The van der Waals surface area contributed by atoms with Crippen LogP contribution in [0.3, 0.4) is 0 Å². The number of nitrogens with two attached hydrogens (primary N) is 1. The summed E-state index contributed by atoms with van der Waals surface area (Å²) in [5.41, 5.74) is 0. The molecule has 3 N–H and O–H groups in total. The van der Waals surface area contributed by atoms with E-state index in [0.29, 0.717) is 18.4 Å². The van der Waals surface area contributed by atoms with E-state index in [0.717, 1.165) is 26.2 Å². The number of ether oxygens (including phenoxy) is 1. The van der Waals surface area contributed by atoms with Gasteiger partial charge in [0.25, 0.3) is 0 Å². The quantitative estimate of drug-likeness (QED) is 0.800. The molecule has 1 aliphatic heterocycles. The number of sulfonamides is 1. The van der Waals surface area contributed by atoms with Crippen LogP contribution in [0.1, 0.15) is 6.92 Å². The Morgan fingerprint density at radius 1 is 1.40 bits per heavy atom. The van der Waals surface area contributed by atoms with E-state index in [4.69, 9.17) is 9.88 Å². The van der Waals surface area contributed by atoms with Crippen LogP contribution in [0.15, 0.2) is 29.2 Å². The number of rotatable bonds is 5. The molecule has 0 saturated carbocycles. The van der Waals surface area contributed by atoms with Crippen LogP contribution in [0.2, 0.25) is 0 Å². The Labute approximate surface area is 120 Å². The van der Waals surface area contributed by atoms with Crippen LogP contribution >= 0.6 is 0 Å². The Morgan fingerprint density at radius 3 is 2.70 bits per heavy atom. The second-order valence-electron chi connectivity index (χ2n) is 4.95. The molecule has 6 nitrogen and oxygen atoms in total. The van der Waals surface area contributed by atoms with Gasteiger partial charge < -0.3 is 10.1 Å². The van der Waals surface area contributed by atoms with Crippen molar-refractivity contribution >= 4 is 10.0 Å². The molecule has 1 aromatic rings. The Hall–Kier alpha value is -1.15. The van der Waals surface area contributed by atoms with Gasteiger partial charge in [-0.1, -0.05) is 0 Å². The average molecular weight is 299 g/mol. The van der Waals surface area contributed by atoms with Crippen molar-refractivity contribution in [3.05, 3.63) is 24.3 Å². The van der Waals surface area contributed by atoms with E-state index in [1.807, 2.05) is 0 Å². The summed E-state index contributed by atoms with van der Waals surface area (Å²) in [5, 5.41) is 8.38. The van der Waals surface area contributed by atoms with Crippen molar-refractivity contribution in [1.29, 1.82) is 0 Å². The molecule has 0 unspecified atom stereocenters. The fourth-order valence-electron chi connectivity index (χ4n) is 2.22. The smallest absolute Gasteiger partial charge is 0.238 e. The molecule has 1 aromatic carbocycles. The van der Waals surface area contributed by atoms with Crippen molar-refractivity contribution in [3.63, 3.8) is 0 Å². The summed E-state index contributed by atoms with van der Waals surface area (Å²) in [4.78, 5) is 2.47. The molecule has 0 bridgehead atoms. The molecule has 0 aliphatic carbocycles. The molecule has 0 spiro atoms. The van der Waals surface area contributed by atoms with Gasteiger partial charge >= 0.3 is 0 Å². The molecule has 2 rings (SSSR count). The van der Waals surface area contributed by atoms with Crippen LogP contribution in [0.4, 0.5) is 0 Å². The standard InChI is InChI=1S/C13H21N3O3S/c1-11-10-15-6-7-16(11)8-9-19-12-2-4-13(5-3-12)20(14,17)18/h2-5,11,15H,6-10H2,1H3,(H2,14,17,18)/t11-/m0/s1. The molecule has 20 heavy (non-hydrogen) atoms. The molecule has 1 fully saturated rings. The maximum Gasteiger partial charge on any atom is 0.238 e. The number of hydrogen-bond acceptors (Lipinski definition) is 5. The minimum atomic E-state index is -3.64. The van der Waals surface area contributed by atoms with Gasteiger partial charge in [0.15, 0.2) is 0 Å². The summed E-state index contributed by atoms with van der Waals surface area (Å²) in [6.07, 6.45) is 0. The normalized spacial score (nSPS) is 20.8. The van der Waals surface area contributed by atoms with E-state index < -0.39 is 10.0 Å². The summed E-state index contributed by atoms with van der Waals surface area (Å²) in [6.45, 7) is 6.66. The van der Waals surface area contributed by atoms with Crippen LogP contribution in [-0.2, 0) is 10.0 Å². The van der Waals surface area contributed by atoms with E-state index in [2.05, 4.69) is 17.1 Å². The van der Waals surface area contributed by atoms with Crippen molar-refractivity contribution in [2.75, 3.05) is 32.8 Å². The van der Waals surface area contributed by atoms with Crippen LogP contribution < -0.4 is 15.2 Å². The zero-order valence-corrected chi connectivity index (χ0v) is 12.4. The highest BCUT2D eigenvalue weighted by Crippen LogP contribution is 2.15. The number of benzene rings is 1. The Bertz CT molecular complexity index is 530. The third kappa shape index (κ3) is 4.17. The molecular formula is C13H21N3O3S. The van der Waals surface area contributed by atoms with Gasteiger partial charge in [0, 0.05) is 32.2 Å². The predicted molar refractivity (Wildman–Crippen MR) is 77.2 cm³/mol. The van der Waals surface area contributed by atoms with E-state index in [1.165, 1.54) is 12.1 Å². The van der Waals surface area contributed by atoms with Crippen molar-refractivity contribution in [3.8, 4) is 5.75 Å². The highest BCUT2D eigenvalue weighted by Gasteiger charge is 2.17. The van der Waals surface area contributed by atoms with E-state index in [-0.39, 0.29) is 4.90 Å². The predicted octanol–water partition coefficient (Wildman–Crippen LogP) is 0.00650. The molecule has 0 radical (unpaired) electrons. The Kier molecular flexibility index (Phi) is 4.98. The van der Waals surface area contributed by atoms with Crippen LogP contribution in [-0.4, -0.2) is 52.1 Å². The first-order chi connectivity index (χ1) is 9.47. The summed E-state index contributed by atoms with van der Waals surface area (Å²) in [7, 11) is -3.64. The summed E-state index contributed by atoms with van der Waals surface area (Å²) < 4.78 is 27.9. The zero-order valence-electron chi connectivity index (χ0n) is 11.6. The molecule has 0 aromatic heterocycles. The second-order valence-corrected chi connectivity index (χ2v) is 6.52. The highest BCUT2D eigenvalue weighted by molar-refractivity contribution is 7.89. The van der Waals surface area contributed by atoms with Gasteiger partial charge in [-0.05, 0) is 31.2 Å². The SMILES string of the molecule is C[C@H]1CNCCN1CCOc1ccc(S(N)(=O)=O)cc1. The summed E-state index contributed by atoms with van der Waals surface area (Å²) in [5.74, 6) is 0.653. The number of nitrogens with one attached hydrogen (secondary N) is 1. The monoisotopic (exact) mass is 299 g/mol. The minimum Gasteiger partial charge on any atom is -0.492 e. The Morgan fingerprint density at radius 2 is 2.10 bits per heavy atom. The molecule has 7 heteroatoms. The third-order valence-corrected chi connectivity index (χ3v) is 4.37. The van der Waals surface area contributed by atoms with Crippen molar-refractivity contribution in [1.82, 2.24) is 10.2 Å². The molecule has 112 valence electrons. The fraction of sp³-hybridized carbons (Fsp3) is 0.538. The van der Waals surface area contributed by atoms with Gasteiger partial charge in [-0.3, -0.25) is 4.90 Å². The molecule has 0 amide bonds. The van der Waals surface area contributed by atoms with Gasteiger partial charge in [-0.25, -0.2) is 13.6 Å². The largest absolute Gasteiger partial charge is 0.492 e. The maximum absolute atomic E-state index is 11.1. The second kappa shape index (κ2) is 6.53. The average Bonchev–Trinajstić information content (AvgIpc) is 2.40. The van der Waals surface area contributed by atoms with E-state index in [9.17, 15) is 8.42 Å². The topological polar surface area (TPSA) is 84.7 Å². The van der Waals surface area contributed by atoms with Crippen LogP contribution in [0.25, 0.3) is 0 Å². The van der Waals surface area contributed by atoms with Crippen molar-refractivity contribution in [2.45, 2.75) is 17.9 Å². The Balaban J connectivity index is 1.82. The first kappa shape index (κ1) is 15.2. The molecule has 1 heterocycles. The lowest BCUT2D eigenvalue weighted by atomic mass is 10.2. The molecular weight excluding hydrogens is 278 g/mol. The molecule has 1 atom stereocenters.